The molecular weight excluding hydrogens is 290 g/mol. The average Bonchev–Trinajstić information content (AvgIpc) is 2.90. The van der Waals surface area contributed by atoms with Crippen LogP contribution in [-0.2, 0) is 16.6 Å². The number of nitrogens with one attached hydrogen (secondary N) is 1. The van der Waals surface area contributed by atoms with Gasteiger partial charge in [-0.2, -0.15) is 0 Å². The number of carbonyl (C=O) groups excluding carboxylic acids is 1. The van der Waals surface area contributed by atoms with Crippen molar-refractivity contribution in [3.63, 3.8) is 0 Å². The third-order valence-corrected chi connectivity index (χ3v) is 4.42. The fourth-order valence-electron chi connectivity index (χ4n) is 1.87. The Bertz CT molecular complexity index is 747. The molecule has 5 nitrogen and oxygen atoms in total. The summed E-state index contributed by atoms with van der Waals surface area (Å²) in [7, 11) is -3.68. The van der Waals surface area contributed by atoms with E-state index in [0.29, 0.717) is 17.7 Å². The zero-order valence-corrected chi connectivity index (χ0v) is 12.7. The van der Waals surface area contributed by atoms with Crippen molar-refractivity contribution < 1.29 is 17.6 Å². The molecule has 0 radical (unpaired) electrons. The number of sulfonamides is 1. The van der Waals surface area contributed by atoms with Crippen molar-refractivity contribution in [1.29, 1.82) is 0 Å². The van der Waals surface area contributed by atoms with Gasteiger partial charge in [0.25, 0.3) is 0 Å². The largest absolute Gasteiger partial charge is 0.465 e. The molecule has 0 bridgehead atoms. The number of hydrogen-bond donors (Lipinski definition) is 1. The first-order valence-electron chi connectivity index (χ1n) is 6.60. The van der Waals surface area contributed by atoms with Crippen molar-refractivity contribution in [3.05, 3.63) is 53.5 Å². The monoisotopic (exact) mass is 307 g/mol. The Morgan fingerprint density at radius 1 is 1.24 bits per heavy atom. The van der Waals surface area contributed by atoms with E-state index in [9.17, 15) is 13.2 Å². The normalized spacial score (nSPS) is 11.5. The Balaban J connectivity index is 2.17. The molecule has 1 aromatic carbocycles. The van der Waals surface area contributed by atoms with Crippen LogP contribution in [0.4, 0.5) is 0 Å². The van der Waals surface area contributed by atoms with E-state index < -0.39 is 10.0 Å². The molecule has 1 N–H and O–H groups in total. The highest BCUT2D eigenvalue weighted by molar-refractivity contribution is 7.89. The van der Waals surface area contributed by atoms with Crippen molar-refractivity contribution in [2.45, 2.75) is 31.7 Å². The van der Waals surface area contributed by atoms with Crippen LogP contribution in [0.15, 0.2) is 45.7 Å². The van der Waals surface area contributed by atoms with E-state index in [2.05, 4.69) is 4.72 Å². The summed E-state index contributed by atoms with van der Waals surface area (Å²) in [5.74, 6) is 1.17. The highest BCUT2D eigenvalue weighted by atomic mass is 32.2. The van der Waals surface area contributed by atoms with Crippen molar-refractivity contribution in [2.24, 2.45) is 0 Å². The Morgan fingerprint density at radius 3 is 2.62 bits per heavy atom. The molecule has 0 aliphatic rings. The molecule has 112 valence electrons. The minimum atomic E-state index is -3.68. The summed E-state index contributed by atoms with van der Waals surface area (Å²) in [6, 6.07) is 9.51. The average molecular weight is 307 g/mol. The van der Waals surface area contributed by atoms with Crippen LogP contribution in [0.3, 0.4) is 0 Å². The summed E-state index contributed by atoms with van der Waals surface area (Å²) >= 11 is 0. The zero-order chi connectivity index (χ0) is 15.5. The second-order valence-corrected chi connectivity index (χ2v) is 6.41. The molecule has 0 atom stereocenters. The molecule has 1 heterocycles. The Labute approximate surface area is 124 Å². The van der Waals surface area contributed by atoms with E-state index in [1.165, 1.54) is 12.1 Å². The Kier molecular flexibility index (Phi) is 4.59. The molecule has 0 saturated carbocycles. The van der Waals surface area contributed by atoms with Crippen molar-refractivity contribution in [2.75, 3.05) is 0 Å². The van der Waals surface area contributed by atoms with Gasteiger partial charge in [-0.3, -0.25) is 4.79 Å². The van der Waals surface area contributed by atoms with E-state index in [1.807, 2.05) is 0 Å². The van der Waals surface area contributed by atoms with Crippen molar-refractivity contribution in [1.82, 2.24) is 4.72 Å². The fraction of sp³-hybridized carbons (Fsp3) is 0.267. The van der Waals surface area contributed by atoms with Crippen molar-refractivity contribution >= 4 is 15.8 Å². The topological polar surface area (TPSA) is 76.4 Å². The van der Waals surface area contributed by atoms with Gasteiger partial charge in [-0.05, 0) is 31.2 Å². The molecule has 0 spiro atoms. The molecule has 0 amide bonds. The lowest BCUT2D eigenvalue weighted by Gasteiger charge is -2.07. The number of benzene rings is 1. The standard InChI is InChI=1S/C15H17NO4S/c1-3-15(17)12-5-4-6-14(9-12)21(18,19)16-10-13-8-7-11(2)20-13/h4-9,16H,3,10H2,1-2H3. The molecule has 0 unspecified atom stereocenters. The number of rotatable bonds is 6. The van der Waals surface area contributed by atoms with Crippen LogP contribution in [0.5, 0.6) is 0 Å². The van der Waals surface area contributed by atoms with Gasteiger partial charge in [0.05, 0.1) is 11.4 Å². The maximum absolute atomic E-state index is 12.2. The van der Waals surface area contributed by atoms with Crippen LogP contribution in [0, 0.1) is 6.92 Å². The molecule has 0 aliphatic carbocycles. The summed E-state index contributed by atoms with van der Waals surface area (Å²) in [5, 5.41) is 0. The fourth-order valence-corrected chi connectivity index (χ4v) is 2.91. The quantitative estimate of drug-likeness (QED) is 0.832. The lowest BCUT2D eigenvalue weighted by atomic mass is 10.1. The van der Waals surface area contributed by atoms with Crippen LogP contribution in [0.2, 0.25) is 0 Å². The Hall–Kier alpha value is -1.92. The highest BCUT2D eigenvalue weighted by Crippen LogP contribution is 2.14. The number of furan rings is 1. The summed E-state index contributed by atoms with van der Waals surface area (Å²) < 4.78 is 32.2. The predicted molar refractivity (Wildman–Crippen MR) is 78.5 cm³/mol. The maximum atomic E-state index is 12.2. The summed E-state index contributed by atoms with van der Waals surface area (Å²) in [6.07, 6.45) is 0.336. The summed E-state index contributed by atoms with van der Waals surface area (Å²) in [6.45, 7) is 3.60. The van der Waals surface area contributed by atoms with E-state index >= 15 is 0 Å². The molecule has 1 aromatic heterocycles. The molecule has 0 aliphatic heterocycles. The first-order chi connectivity index (χ1) is 9.92. The lowest BCUT2D eigenvalue weighted by molar-refractivity contribution is 0.0988. The van der Waals surface area contributed by atoms with Crippen LogP contribution in [0.1, 0.15) is 35.2 Å². The van der Waals surface area contributed by atoms with Gasteiger partial charge >= 0.3 is 0 Å². The summed E-state index contributed by atoms with van der Waals surface area (Å²) in [4.78, 5) is 11.7. The number of hydrogen-bond acceptors (Lipinski definition) is 4. The third-order valence-electron chi connectivity index (χ3n) is 3.02. The molecule has 0 fully saturated rings. The van der Waals surface area contributed by atoms with Crippen LogP contribution >= 0.6 is 0 Å². The first-order valence-corrected chi connectivity index (χ1v) is 8.09. The Morgan fingerprint density at radius 2 is 2.00 bits per heavy atom. The van der Waals surface area contributed by atoms with Crippen LogP contribution in [-0.4, -0.2) is 14.2 Å². The van der Waals surface area contributed by atoms with Crippen molar-refractivity contribution in [3.8, 4) is 0 Å². The zero-order valence-electron chi connectivity index (χ0n) is 11.9. The van der Waals surface area contributed by atoms with E-state index in [1.54, 1.807) is 38.1 Å². The number of Topliss-reactive ketones (excluding diaryl/α,β-unsaturated/α-hetero) is 1. The van der Waals surface area contributed by atoms with Gasteiger partial charge in [0, 0.05) is 12.0 Å². The van der Waals surface area contributed by atoms with E-state index in [0.717, 1.165) is 5.76 Å². The van der Waals surface area contributed by atoms with Gasteiger partial charge in [0.15, 0.2) is 5.78 Å². The second kappa shape index (κ2) is 6.24. The second-order valence-electron chi connectivity index (χ2n) is 4.64. The summed E-state index contributed by atoms with van der Waals surface area (Å²) in [5.41, 5.74) is 0.397. The third kappa shape index (κ3) is 3.80. The molecule has 0 saturated heterocycles. The minimum absolute atomic E-state index is 0.0716. The lowest BCUT2D eigenvalue weighted by Crippen LogP contribution is -2.23. The maximum Gasteiger partial charge on any atom is 0.240 e. The van der Waals surface area contributed by atoms with Gasteiger partial charge in [-0.15, -0.1) is 0 Å². The van der Waals surface area contributed by atoms with E-state index in [4.69, 9.17) is 4.42 Å². The molecular formula is C15H17NO4S. The van der Waals surface area contributed by atoms with Gasteiger partial charge in [0.1, 0.15) is 11.5 Å². The van der Waals surface area contributed by atoms with Gasteiger partial charge in [-0.25, -0.2) is 13.1 Å². The van der Waals surface area contributed by atoms with E-state index in [-0.39, 0.29) is 17.2 Å². The number of carbonyl (C=O) groups is 1. The minimum Gasteiger partial charge on any atom is -0.465 e. The molecule has 6 heteroatoms. The van der Waals surface area contributed by atoms with Crippen LogP contribution in [0.25, 0.3) is 0 Å². The molecule has 2 aromatic rings. The first kappa shape index (κ1) is 15.5. The predicted octanol–water partition coefficient (Wildman–Crippen LogP) is 2.66. The molecule has 2 rings (SSSR count). The smallest absolute Gasteiger partial charge is 0.240 e. The van der Waals surface area contributed by atoms with Gasteiger partial charge in [-0.1, -0.05) is 19.1 Å². The highest BCUT2D eigenvalue weighted by Gasteiger charge is 2.16. The SMILES string of the molecule is CCC(=O)c1cccc(S(=O)(=O)NCc2ccc(C)o2)c1. The van der Waals surface area contributed by atoms with Crippen LogP contribution < -0.4 is 4.72 Å². The number of aryl methyl sites for hydroxylation is 1. The van der Waals surface area contributed by atoms with Gasteiger partial charge in [0.2, 0.25) is 10.0 Å². The number of ketones is 1. The molecule has 21 heavy (non-hydrogen) atoms. The van der Waals surface area contributed by atoms with Gasteiger partial charge < -0.3 is 4.42 Å².